The van der Waals surface area contributed by atoms with Crippen molar-refractivity contribution in [2.45, 2.75) is 38.2 Å². The lowest BCUT2D eigenvalue weighted by atomic mass is 9.79. The number of rotatable bonds is 2. The van der Waals surface area contributed by atoms with E-state index in [1.165, 1.54) is 32.1 Å². The molecule has 2 aliphatic carbocycles. The molecule has 2 rings (SSSR count). The highest BCUT2D eigenvalue weighted by molar-refractivity contribution is 4.88. The van der Waals surface area contributed by atoms with Crippen molar-refractivity contribution in [3.63, 3.8) is 0 Å². The van der Waals surface area contributed by atoms with Gasteiger partial charge in [-0.15, -0.1) is 0 Å². The molecule has 0 spiro atoms. The summed E-state index contributed by atoms with van der Waals surface area (Å²) in [7, 11) is 0. The molecule has 9 heavy (non-hydrogen) atoms. The second-order valence-corrected chi connectivity index (χ2v) is 3.52. The minimum absolute atomic E-state index is 0.0822. The molecule has 0 saturated heterocycles. The Hall–Kier alpha value is -0.0400. The van der Waals surface area contributed by atoms with Gasteiger partial charge in [0.1, 0.15) is 0 Å². The number of aliphatic hydroxyl groups excluding tert-OH is 1. The second kappa shape index (κ2) is 1.98. The first-order valence-electron chi connectivity index (χ1n) is 4.06. The molecular weight excluding hydrogens is 112 g/mol. The maximum atomic E-state index is 9.51. The van der Waals surface area contributed by atoms with Crippen LogP contribution in [0.15, 0.2) is 0 Å². The topological polar surface area (TPSA) is 20.2 Å². The van der Waals surface area contributed by atoms with Gasteiger partial charge in [-0.05, 0) is 37.5 Å². The smallest absolute Gasteiger partial charge is 0.0596 e. The van der Waals surface area contributed by atoms with Crippen molar-refractivity contribution in [3.05, 3.63) is 0 Å². The maximum Gasteiger partial charge on any atom is 0.0596 e. The molecule has 2 fully saturated rings. The Bertz CT molecular complexity index is 103. The van der Waals surface area contributed by atoms with Crippen LogP contribution in [0.3, 0.4) is 0 Å². The summed E-state index contributed by atoms with van der Waals surface area (Å²) in [5.41, 5.74) is 0. The lowest BCUT2D eigenvalue weighted by Gasteiger charge is -2.30. The lowest BCUT2D eigenvalue weighted by molar-refractivity contribution is 0.0451. The fraction of sp³-hybridized carbons (Fsp3) is 1.00. The van der Waals surface area contributed by atoms with E-state index in [0.29, 0.717) is 11.8 Å². The standard InChI is InChI=1S/C8H14O/c9-8(7-4-5-7)6-2-1-3-6/h6-9H,1-5H2/t8-/m1/s1. The van der Waals surface area contributed by atoms with E-state index in [9.17, 15) is 5.11 Å². The van der Waals surface area contributed by atoms with Gasteiger partial charge in [-0.3, -0.25) is 0 Å². The Morgan fingerprint density at radius 3 is 1.89 bits per heavy atom. The van der Waals surface area contributed by atoms with Crippen LogP contribution in [-0.2, 0) is 0 Å². The van der Waals surface area contributed by atoms with Gasteiger partial charge in [0, 0.05) is 0 Å². The van der Waals surface area contributed by atoms with Crippen LogP contribution in [0.25, 0.3) is 0 Å². The predicted molar refractivity (Wildman–Crippen MR) is 36.1 cm³/mol. The highest BCUT2D eigenvalue weighted by Crippen LogP contribution is 2.41. The first kappa shape index (κ1) is 5.72. The van der Waals surface area contributed by atoms with Gasteiger partial charge in [-0.1, -0.05) is 6.42 Å². The largest absolute Gasteiger partial charge is 0.393 e. The molecule has 1 heteroatoms. The average Bonchev–Trinajstić information content (AvgIpc) is 2.37. The first-order chi connectivity index (χ1) is 4.38. The molecule has 2 saturated carbocycles. The molecule has 0 aromatic carbocycles. The van der Waals surface area contributed by atoms with Crippen LogP contribution in [0.1, 0.15) is 32.1 Å². The zero-order valence-electron chi connectivity index (χ0n) is 5.71. The first-order valence-corrected chi connectivity index (χ1v) is 4.06. The van der Waals surface area contributed by atoms with Crippen LogP contribution in [0.4, 0.5) is 0 Å². The van der Waals surface area contributed by atoms with Gasteiger partial charge in [-0.2, -0.15) is 0 Å². The monoisotopic (exact) mass is 126 g/mol. The van der Waals surface area contributed by atoms with Crippen molar-refractivity contribution >= 4 is 0 Å². The van der Waals surface area contributed by atoms with E-state index < -0.39 is 0 Å². The zero-order chi connectivity index (χ0) is 6.27. The van der Waals surface area contributed by atoms with Gasteiger partial charge in [0.25, 0.3) is 0 Å². The molecule has 2 aliphatic rings. The summed E-state index contributed by atoms with van der Waals surface area (Å²) in [5, 5.41) is 9.51. The van der Waals surface area contributed by atoms with Gasteiger partial charge in [0.15, 0.2) is 0 Å². The highest BCUT2D eigenvalue weighted by Gasteiger charge is 2.37. The molecule has 0 aliphatic heterocycles. The third kappa shape index (κ3) is 0.983. The van der Waals surface area contributed by atoms with E-state index >= 15 is 0 Å². The fourth-order valence-electron chi connectivity index (χ4n) is 1.60. The predicted octanol–water partition coefficient (Wildman–Crippen LogP) is 1.56. The summed E-state index contributed by atoms with van der Waals surface area (Å²) >= 11 is 0. The van der Waals surface area contributed by atoms with Gasteiger partial charge in [0.05, 0.1) is 6.10 Å². The molecule has 0 aromatic heterocycles. The van der Waals surface area contributed by atoms with E-state index in [1.54, 1.807) is 0 Å². The van der Waals surface area contributed by atoms with Crippen LogP contribution in [-0.4, -0.2) is 11.2 Å². The lowest BCUT2D eigenvalue weighted by Crippen LogP contribution is -2.28. The molecule has 0 radical (unpaired) electrons. The molecular formula is C8H14O. The Morgan fingerprint density at radius 1 is 1.00 bits per heavy atom. The average molecular weight is 126 g/mol. The molecule has 52 valence electrons. The summed E-state index contributed by atoms with van der Waals surface area (Å²) in [5.74, 6) is 1.40. The summed E-state index contributed by atoms with van der Waals surface area (Å²) < 4.78 is 0. The fourth-order valence-corrected chi connectivity index (χ4v) is 1.60. The number of aliphatic hydroxyl groups is 1. The van der Waals surface area contributed by atoms with Crippen molar-refractivity contribution < 1.29 is 5.11 Å². The van der Waals surface area contributed by atoms with Crippen molar-refractivity contribution in [1.82, 2.24) is 0 Å². The minimum atomic E-state index is 0.0822. The Kier molecular flexibility index (Phi) is 1.26. The molecule has 0 heterocycles. The summed E-state index contributed by atoms with van der Waals surface area (Å²) in [4.78, 5) is 0. The van der Waals surface area contributed by atoms with Crippen molar-refractivity contribution in [1.29, 1.82) is 0 Å². The molecule has 0 aromatic rings. The maximum absolute atomic E-state index is 9.51. The Morgan fingerprint density at radius 2 is 1.56 bits per heavy atom. The summed E-state index contributed by atoms with van der Waals surface area (Å²) in [6, 6.07) is 0. The van der Waals surface area contributed by atoms with E-state index in [4.69, 9.17) is 0 Å². The number of hydrogen-bond acceptors (Lipinski definition) is 1. The van der Waals surface area contributed by atoms with Crippen molar-refractivity contribution in [2.24, 2.45) is 11.8 Å². The molecule has 1 atom stereocenters. The quantitative estimate of drug-likeness (QED) is 0.595. The Balaban J connectivity index is 1.81. The van der Waals surface area contributed by atoms with Crippen LogP contribution in [0.2, 0.25) is 0 Å². The van der Waals surface area contributed by atoms with Crippen molar-refractivity contribution in [3.8, 4) is 0 Å². The van der Waals surface area contributed by atoms with E-state index in [0.717, 1.165) is 0 Å². The summed E-state index contributed by atoms with van der Waals surface area (Å²) in [6.45, 7) is 0. The molecule has 0 unspecified atom stereocenters. The molecule has 0 bridgehead atoms. The highest BCUT2D eigenvalue weighted by atomic mass is 16.3. The minimum Gasteiger partial charge on any atom is -0.393 e. The van der Waals surface area contributed by atoms with Gasteiger partial charge >= 0.3 is 0 Å². The van der Waals surface area contributed by atoms with E-state index in [-0.39, 0.29) is 6.10 Å². The second-order valence-electron chi connectivity index (χ2n) is 3.52. The van der Waals surface area contributed by atoms with E-state index in [1.807, 2.05) is 0 Å². The van der Waals surface area contributed by atoms with Gasteiger partial charge < -0.3 is 5.11 Å². The van der Waals surface area contributed by atoms with Crippen LogP contribution in [0.5, 0.6) is 0 Å². The SMILES string of the molecule is O[C@H](C1CCC1)C1CC1. The van der Waals surface area contributed by atoms with Crippen LogP contribution >= 0.6 is 0 Å². The van der Waals surface area contributed by atoms with Crippen LogP contribution < -0.4 is 0 Å². The van der Waals surface area contributed by atoms with Crippen molar-refractivity contribution in [2.75, 3.05) is 0 Å². The third-order valence-corrected chi connectivity index (χ3v) is 2.74. The zero-order valence-corrected chi connectivity index (χ0v) is 5.71. The Labute approximate surface area is 56.1 Å². The van der Waals surface area contributed by atoms with Crippen LogP contribution in [0, 0.1) is 11.8 Å². The molecule has 1 N–H and O–H groups in total. The normalized spacial score (nSPS) is 31.7. The molecule has 0 amide bonds. The third-order valence-electron chi connectivity index (χ3n) is 2.74. The summed E-state index contributed by atoms with van der Waals surface area (Å²) in [6.07, 6.45) is 6.60. The molecule has 1 nitrogen and oxygen atoms in total. The van der Waals surface area contributed by atoms with Gasteiger partial charge in [0.2, 0.25) is 0 Å². The van der Waals surface area contributed by atoms with E-state index in [2.05, 4.69) is 0 Å². The van der Waals surface area contributed by atoms with Gasteiger partial charge in [-0.25, -0.2) is 0 Å². The number of hydrogen-bond donors (Lipinski definition) is 1.